The summed E-state index contributed by atoms with van der Waals surface area (Å²) in [4.78, 5) is 10.8. The van der Waals surface area contributed by atoms with Crippen LogP contribution in [0.25, 0.3) is 0 Å². The third kappa shape index (κ3) is 1.64. The lowest BCUT2D eigenvalue weighted by atomic mass is 10.0. The van der Waals surface area contributed by atoms with E-state index in [0.717, 1.165) is 0 Å². The summed E-state index contributed by atoms with van der Waals surface area (Å²) in [5.74, 6) is -0.832. The molecule has 76 valence electrons. The van der Waals surface area contributed by atoms with E-state index in [4.69, 9.17) is 9.84 Å². The zero-order valence-electron chi connectivity index (χ0n) is 8.07. The fourth-order valence-corrected chi connectivity index (χ4v) is 1.34. The molecule has 0 saturated carbocycles. The molecular formula is C10H12O4. The highest BCUT2D eigenvalue weighted by molar-refractivity contribution is 5.90. The number of hydrogen-bond donors (Lipinski definition) is 2. The van der Waals surface area contributed by atoms with Gasteiger partial charge in [0, 0.05) is 5.56 Å². The first-order valence-electron chi connectivity index (χ1n) is 4.24. The molecule has 0 aliphatic rings. The van der Waals surface area contributed by atoms with Gasteiger partial charge in [0.1, 0.15) is 0 Å². The van der Waals surface area contributed by atoms with Crippen molar-refractivity contribution in [1.29, 1.82) is 0 Å². The van der Waals surface area contributed by atoms with E-state index in [9.17, 15) is 9.90 Å². The summed E-state index contributed by atoms with van der Waals surface area (Å²) in [5, 5.41) is 18.5. The number of benzene rings is 1. The van der Waals surface area contributed by atoms with Crippen molar-refractivity contribution < 1.29 is 19.7 Å². The van der Waals surface area contributed by atoms with E-state index in [0.29, 0.717) is 17.7 Å². The molecule has 0 radical (unpaired) electrons. The lowest BCUT2D eigenvalue weighted by molar-refractivity contribution is 0.0695. The molecule has 0 heterocycles. The zero-order valence-corrected chi connectivity index (χ0v) is 8.07. The standard InChI is InChI=1S/C10H12O4/c1-3-6-7(10(12)13)4-5-8(14-2)9(6)11/h4-5,11H,3H2,1-2H3,(H,12,13). The van der Waals surface area contributed by atoms with Crippen molar-refractivity contribution >= 4 is 5.97 Å². The number of carboxylic acid groups (broad SMARTS) is 1. The predicted molar refractivity (Wildman–Crippen MR) is 51.0 cm³/mol. The number of methoxy groups -OCH3 is 1. The molecule has 14 heavy (non-hydrogen) atoms. The molecule has 0 fully saturated rings. The summed E-state index contributed by atoms with van der Waals surface area (Å²) in [6.45, 7) is 1.78. The van der Waals surface area contributed by atoms with Crippen LogP contribution in [0, 0.1) is 0 Å². The third-order valence-corrected chi connectivity index (χ3v) is 2.05. The molecular weight excluding hydrogens is 184 g/mol. The fraction of sp³-hybridized carbons (Fsp3) is 0.300. The van der Waals surface area contributed by atoms with E-state index in [1.807, 2.05) is 0 Å². The van der Waals surface area contributed by atoms with Crippen LogP contribution in [-0.4, -0.2) is 23.3 Å². The molecule has 0 unspecified atom stereocenters. The summed E-state index contributed by atoms with van der Waals surface area (Å²) in [7, 11) is 1.43. The smallest absolute Gasteiger partial charge is 0.336 e. The Labute approximate surface area is 81.8 Å². The molecule has 4 heteroatoms. The number of ether oxygens (including phenoxy) is 1. The van der Waals surface area contributed by atoms with Crippen LogP contribution >= 0.6 is 0 Å². The van der Waals surface area contributed by atoms with Crippen LogP contribution in [0.5, 0.6) is 11.5 Å². The van der Waals surface area contributed by atoms with Gasteiger partial charge in [-0.25, -0.2) is 4.79 Å². The van der Waals surface area contributed by atoms with Gasteiger partial charge in [0.25, 0.3) is 0 Å². The maximum Gasteiger partial charge on any atom is 0.336 e. The third-order valence-electron chi connectivity index (χ3n) is 2.05. The van der Waals surface area contributed by atoms with Crippen molar-refractivity contribution in [3.05, 3.63) is 23.3 Å². The number of carboxylic acids is 1. The Morgan fingerprint density at radius 1 is 1.50 bits per heavy atom. The van der Waals surface area contributed by atoms with Crippen LogP contribution in [0.2, 0.25) is 0 Å². The first-order chi connectivity index (χ1) is 6.61. The summed E-state index contributed by atoms with van der Waals surface area (Å²) >= 11 is 0. The van der Waals surface area contributed by atoms with Crippen molar-refractivity contribution in [3.63, 3.8) is 0 Å². The van der Waals surface area contributed by atoms with Gasteiger partial charge in [0.05, 0.1) is 12.7 Å². The quantitative estimate of drug-likeness (QED) is 0.771. The molecule has 4 nitrogen and oxygen atoms in total. The van der Waals surface area contributed by atoms with Gasteiger partial charge in [0.2, 0.25) is 0 Å². The Hall–Kier alpha value is -1.71. The van der Waals surface area contributed by atoms with E-state index in [1.54, 1.807) is 6.92 Å². The van der Waals surface area contributed by atoms with E-state index >= 15 is 0 Å². The summed E-state index contributed by atoms with van der Waals surface area (Å²) < 4.78 is 4.88. The lowest BCUT2D eigenvalue weighted by Crippen LogP contribution is -2.02. The summed E-state index contributed by atoms with van der Waals surface area (Å²) in [5.41, 5.74) is 0.516. The molecule has 0 aliphatic heterocycles. The predicted octanol–water partition coefficient (Wildman–Crippen LogP) is 1.66. The van der Waals surface area contributed by atoms with Crippen LogP contribution in [0.4, 0.5) is 0 Å². The Kier molecular flexibility index (Phi) is 2.96. The summed E-state index contributed by atoms with van der Waals surface area (Å²) in [6, 6.07) is 2.87. The SMILES string of the molecule is CCc1c(C(=O)O)ccc(OC)c1O. The molecule has 1 rings (SSSR count). The molecule has 0 bridgehead atoms. The van der Waals surface area contributed by atoms with Gasteiger partial charge in [-0.2, -0.15) is 0 Å². The van der Waals surface area contributed by atoms with Crippen molar-refractivity contribution in [1.82, 2.24) is 0 Å². The molecule has 0 amide bonds. The highest BCUT2D eigenvalue weighted by atomic mass is 16.5. The van der Waals surface area contributed by atoms with Crippen molar-refractivity contribution in [2.45, 2.75) is 13.3 Å². The maximum absolute atomic E-state index is 10.8. The first-order valence-corrected chi connectivity index (χ1v) is 4.24. The van der Waals surface area contributed by atoms with E-state index in [1.165, 1.54) is 19.2 Å². The number of phenols is 1. The van der Waals surface area contributed by atoms with Gasteiger partial charge < -0.3 is 14.9 Å². The molecule has 1 aromatic carbocycles. The molecule has 0 spiro atoms. The molecule has 0 saturated heterocycles. The number of phenolic OH excluding ortho intramolecular Hbond substituents is 1. The maximum atomic E-state index is 10.8. The van der Waals surface area contributed by atoms with Crippen molar-refractivity contribution in [2.24, 2.45) is 0 Å². The van der Waals surface area contributed by atoms with E-state index in [2.05, 4.69) is 0 Å². The first kappa shape index (κ1) is 10.4. The Morgan fingerprint density at radius 3 is 2.57 bits per heavy atom. The number of rotatable bonds is 3. The average molecular weight is 196 g/mol. The topological polar surface area (TPSA) is 66.8 Å². The van der Waals surface area contributed by atoms with Crippen molar-refractivity contribution in [2.75, 3.05) is 7.11 Å². The van der Waals surface area contributed by atoms with Gasteiger partial charge in [-0.1, -0.05) is 6.92 Å². The van der Waals surface area contributed by atoms with Crippen LogP contribution < -0.4 is 4.74 Å². The number of hydrogen-bond acceptors (Lipinski definition) is 3. The largest absolute Gasteiger partial charge is 0.504 e. The Morgan fingerprint density at radius 2 is 2.14 bits per heavy atom. The van der Waals surface area contributed by atoms with Crippen LogP contribution in [0.15, 0.2) is 12.1 Å². The van der Waals surface area contributed by atoms with Crippen LogP contribution in [0.1, 0.15) is 22.8 Å². The van der Waals surface area contributed by atoms with Gasteiger partial charge in [-0.3, -0.25) is 0 Å². The second kappa shape index (κ2) is 4.00. The molecule has 0 aliphatic carbocycles. The zero-order chi connectivity index (χ0) is 10.7. The van der Waals surface area contributed by atoms with E-state index < -0.39 is 5.97 Å². The number of carbonyl (C=O) groups is 1. The molecule has 0 atom stereocenters. The van der Waals surface area contributed by atoms with Crippen LogP contribution in [-0.2, 0) is 6.42 Å². The minimum atomic E-state index is -1.04. The van der Waals surface area contributed by atoms with Gasteiger partial charge in [-0.15, -0.1) is 0 Å². The highest BCUT2D eigenvalue weighted by Gasteiger charge is 2.15. The fourth-order valence-electron chi connectivity index (χ4n) is 1.34. The lowest BCUT2D eigenvalue weighted by Gasteiger charge is -2.09. The minimum Gasteiger partial charge on any atom is -0.504 e. The Balaban J connectivity index is 3.35. The van der Waals surface area contributed by atoms with Crippen molar-refractivity contribution in [3.8, 4) is 11.5 Å². The van der Waals surface area contributed by atoms with Gasteiger partial charge >= 0.3 is 5.97 Å². The monoisotopic (exact) mass is 196 g/mol. The molecule has 1 aromatic rings. The average Bonchev–Trinajstić information content (AvgIpc) is 2.17. The number of aromatic hydroxyl groups is 1. The van der Waals surface area contributed by atoms with Gasteiger partial charge in [-0.05, 0) is 18.6 Å². The highest BCUT2D eigenvalue weighted by Crippen LogP contribution is 2.32. The minimum absolute atomic E-state index is 0.0881. The van der Waals surface area contributed by atoms with Gasteiger partial charge in [0.15, 0.2) is 11.5 Å². The second-order valence-electron chi connectivity index (χ2n) is 2.80. The Bertz CT molecular complexity index is 357. The molecule has 2 N–H and O–H groups in total. The van der Waals surface area contributed by atoms with E-state index in [-0.39, 0.29) is 11.3 Å². The summed E-state index contributed by atoms with van der Waals surface area (Å²) in [6.07, 6.45) is 0.449. The molecule has 0 aromatic heterocycles. The second-order valence-corrected chi connectivity index (χ2v) is 2.80. The van der Waals surface area contributed by atoms with Crippen LogP contribution in [0.3, 0.4) is 0 Å². The normalized spacial score (nSPS) is 9.86. The number of aromatic carboxylic acids is 1.